The maximum absolute atomic E-state index is 11.1. The summed E-state index contributed by atoms with van der Waals surface area (Å²) in [6.07, 6.45) is 0.151. The van der Waals surface area contributed by atoms with Gasteiger partial charge in [0.05, 0.1) is 0 Å². The molecule has 1 atom stereocenters. The number of anilines is 1. The Bertz CT molecular complexity index is 398. The van der Waals surface area contributed by atoms with E-state index in [1.54, 1.807) is 12.1 Å². The number of Topliss-reactive ketones (excluding diaryl/α,β-unsaturated/α-hetero) is 1. The molecule has 92 valence electrons. The highest BCUT2D eigenvalue weighted by Crippen LogP contribution is 2.11. The zero-order chi connectivity index (χ0) is 12.8. The number of nitrogens with one attached hydrogen (secondary N) is 1. The molecule has 2 N–H and O–H groups in total. The van der Waals surface area contributed by atoms with E-state index in [4.69, 9.17) is 5.11 Å². The van der Waals surface area contributed by atoms with E-state index in [1.807, 2.05) is 19.1 Å². The lowest BCUT2D eigenvalue weighted by Gasteiger charge is -2.11. The maximum atomic E-state index is 11.1. The number of carbonyl (C=O) groups is 2. The number of aliphatic carboxylic acids is 1. The van der Waals surface area contributed by atoms with Crippen molar-refractivity contribution in [1.82, 2.24) is 0 Å². The molecule has 0 aliphatic heterocycles. The fourth-order valence-corrected chi connectivity index (χ4v) is 1.49. The van der Waals surface area contributed by atoms with Gasteiger partial charge in [-0.1, -0.05) is 6.92 Å². The van der Waals surface area contributed by atoms with Crippen LogP contribution in [-0.4, -0.2) is 23.4 Å². The van der Waals surface area contributed by atoms with Crippen LogP contribution >= 0.6 is 0 Å². The lowest BCUT2D eigenvalue weighted by atomic mass is 10.1. The van der Waals surface area contributed by atoms with Crippen molar-refractivity contribution in [2.45, 2.75) is 20.3 Å². The fraction of sp³-hybridized carbons (Fsp3) is 0.385. The lowest BCUT2D eigenvalue weighted by Crippen LogP contribution is -2.14. The summed E-state index contributed by atoms with van der Waals surface area (Å²) in [6, 6.07) is 7.16. The first-order valence-electron chi connectivity index (χ1n) is 5.55. The van der Waals surface area contributed by atoms with Crippen LogP contribution in [0.5, 0.6) is 0 Å². The van der Waals surface area contributed by atoms with Crippen molar-refractivity contribution >= 4 is 17.4 Å². The Labute approximate surface area is 101 Å². The molecular weight excluding hydrogens is 218 g/mol. The Morgan fingerprint density at radius 2 is 1.88 bits per heavy atom. The van der Waals surface area contributed by atoms with Crippen molar-refractivity contribution in [2.24, 2.45) is 5.92 Å². The van der Waals surface area contributed by atoms with Crippen molar-refractivity contribution < 1.29 is 14.7 Å². The van der Waals surface area contributed by atoms with Crippen molar-refractivity contribution in [2.75, 3.05) is 11.9 Å². The molecule has 0 amide bonds. The molecule has 1 rings (SSSR count). The molecule has 4 nitrogen and oxygen atoms in total. The average molecular weight is 235 g/mol. The summed E-state index contributed by atoms with van der Waals surface area (Å²) < 4.78 is 0. The molecule has 1 aromatic rings. The third-order valence-electron chi connectivity index (χ3n) is 2.47. The van der Waals surface area contributed by atoms with Crippen LogP contribution in [0.3, 0.4) is 0 Å². The second kappa shape index (κ2) is 6.03. The first kappa shape index (κ1) is 13.2. The predicted molar refractivity (Wildman–Crippen MR) is 66.4 cm³/mol. The van der Waals surface area contributed by atoms with Crippen LogP contribution in [0.25, 0.3) is 0 Å². The highest BCUT2D eigenvalue weighted by Gasteiger charge is 2.07. The van der Waals surface area contributed by atoms with E-state index in [1.165, 1.54) is 6.92 Å². The predicted octanol–water partition coefficient (Wildman–Crippen LogP) is 2.41. The molecule has 0 radical (unpaired) electrons. The van der Waals surface area contributed by atoms with E-state index >= 15 is 0 Å². The number of carboxylic acids is 1. The molecule has 0 aliphatic rings. The third-order valence-corrected chi connectivity index (χ3v) is 2.47. The molecule has 0 saturated carbocycles. The van der Waals surface area contributed by atoms with Crippen molar-refractivity contribution in [3.8, 4) is 0 Å². The Hall–Kier alpha value is -1.84. The number of hydrogen-bond donors (Lipinski definition) is 2. The highest BCUT2D eigenvalue weighted by molar-refractivity contribution is 5.94. The molecule has 0 spiro atoms. The largest absolute Gasteiger partial charge is 0.481 e. The molecule has 0 aliphatic carbocycles. The Kier molecular flexibility index (Phi) is 4.69. The SMILES string of the molecule is CC(=O)c1ccc(NCC(C)CC(=O)O)cc1. The third kappa shape index (κ3) is 4.68. The molecule has 0 heterocycles. The summed E-state index contributed by atoms with van der Waals surface area (Å²) in [4.78, 5) is 21.5. The first-order valence-corrected chi connectivity index (χ1v) is 5.55. The molecule has 4 heteroatoms. The lowest BCUT2D eigenvalue weighted by molar-refractivity contribution is -0.137. The van der Waals surface area contributed by atoms with Gasteiger partial charge in [0, 0.05) is 24.2 Å². The van der Waals surface area contributed by atoms with Gasteiger partial charge >= 0.3 is 5.97 Å². The average Bonchev–Trinajstić information content (AvgIpc) is 2.26. The molecule has 1 aromatic carbocycles. The maximum Gasteiger partial charge on any atom is 0.303 e. The minimum atomic E-state index is -0.786. The standard InChI is InChI=1S/C13H17NO3/c1-9(7-13(16)17)8-14-12-5-3-11(4-6-12)10(2)15/h3-6,9,14H,7-8H2,1-2H3,(H,16,17). The molecular formula is C13H17NO3. The van der Waals surface area contributed by atoms with Gasteiger partial charge in [-0.2, -0.15) is 0 Å². The Balaban J connectivity index is 2.47. The van der Waals surface area contributed by atoms with Crippen LogP contribution in [0.15, 0.2) is 24.3 Å². The van der Waals surface area contributed by atoms with Gasteiger partial charge in [0.2, 0.25) is 0 Å². The molecule has 0 aromatic heterocycles. The van der Waals surface area contributed by atoms with E-state index in [2.05, 4.69) is 5.32 Å². The van der Waals surface area contributed by atoms with Crippen LogP contribution < -0.4 is 5.32 Å². The van der Waals surface area contributed by atoms with Gasteiger partial charge in [-0.3, -0.25) is 9.59 Å². The van der Waals surface area contributed by atoms with E-state index in [0.717, 1.165) is 5.69 Å². The second-order valence-electron chi connectivity index (χ2n) is 4.22. The number of rotatable bonds is 6. The molecule has 1 unspecified atom stereocenters. The second-order valence-corrected chi connectivity index (χ2v) is 4.22. The molecule has 0 bridgehead atoms. The van der Waals surface area contributed by atoms with E-state index < -0.39 is 5.97 Å². The summed E-state index contributed by atoms with van der Waals surface area (Å²) >= 11 is 0. The van der Waals surface area contributed by atoms with Crippen LogP contribution in [0.1, 0.15) is 30.6 Å². The van der Waals surface area contributed by atoms with Crippen LogP contribution in [0, 0.1) is 5.92 Å². The summed E-state index contributed by atoms with van der Waals surface area (Å²) in [5.74, 6) is -0.679. The summed E-state index contributed by atoms with van der Waals surface area (Å²) in [6.45, 7) is 4.01. The smallest absolute Gasteiger partial charge is 0.303 e. The number of carboxylic acid groups (broad SMARTS) is 1. The summed E-state index contributed by atoms with van der Waals surface area (Å²) in [5, 5.41) is 11.8. The van der Waals surface area contributed by atoms with Crippen molar-refractivity contribution in [1.29, 1.82) is 0 Å². The Morgan fingerprint density at radius 1 is 1.29 bits per heavy atom. The summed E-state index contributed by atoms with van der Waals surface area (Å²) in [5.41, 5.74) is 1.57. The zero-order valence-electron chi connectivity index (χ0n) is 10.1. The van der Waals surface area contributed by atoms with Gasteiger partial charge in [-0.05, 0) is 37.1 Å². The number of carbonyl (C=O) groups excluding carboxylic acids is 1. The van der Waals surface area contributed by atoms with Gasteiger partial charge in [-0.15, -0.1) is 0 Å². The minimum absolute atomic E-state index is 0.0378. The van der Waals surface area contributed by atoms with Crippen LogP contribution in [0.2, 0.25) is 0 Å². The number of ketones is 1. The van der Waals surface area contributed by atoms with Crippen molar-refractivity contribution in [3.63, 3.8) is 0 Å². The normalized spacial score (nSPS) is 11.9. The number of hydrogen-bond acceptors (Lipinski definition) is 3. The van der Waals surface area contributed by atoms with Crippen LogP contribution in [0.4, 0.5) is 5.69 Å². The van der Waals surface area contributed by atoms with Gasteiger partial charge in [0.1, 0.15) is 0 Å². The van der Waals surface area contributed by atoms with Gasteiger partial charge in [0.15, 0.2) is 5.78 Å². The first-order chi connectivity index (χ1) is 7.99. The van der Waals surface area contributed by atoms with E-state index in [0.29, 0.717) is 12.1 Å². The topological polar surface area (TPSA) is 66.4 Å². The molecule has 17 heavy (non-hydrogen) atoms. The monoisotopic (exact) mass is 235 g/mol. The van der Waals surface area contributed by atoms with E-state index in [-0.39, 0.29) is 18.1 Å². The fourth-order valence-electron chi connectivity index (χ4n) is 1.49. The van der Waals surface area contributed by atoms with Gasteiger partial charge < -0.3 is 10.4 Å². The zero-order valence-corrected chi connectivity index (χ0v) is 10.1. The molecule has 0 fully saturated rings. The highest BCUT2D eigenvalue weighted by atomic mass is 16.4. The number of benzene rings is 1. The quantitative estimate of drug-likeness (QED) is 0.743. The van der Waals surface area contributed by atoms with Crippen LogP contribution in [-0.2, 0) is 4.79 Å². The minimum Gasteiger partial charge on any atom is -0.481 e. The Morgan fingerprint density at radius 3 is 2.35 bits per heavy atom. The van der Waals surface area contributed by atoms with Gasteiger partial charge in [-0.25, -0.2) is 0 Å². The van der Waals surface area contributed by atoms with Gasteiger partial charge in [0.25, 0.3) is 0 Å². The molecule has 0 saturated heterocycles. The summed E-state index contributed by atoms with van der Waals surface area (Å²) in [7, 11) is 0. The van der Waals surface area contributed by atoms with Crippen molar-refractivity contribution in [3.05, 3.63) is 29.8 Å². The van der Waals surface area contributed by atoms with E-state index in [9.17, 15) is 9.59 Å².